The largest absolute Gasteiger partial charge is 0.462 e. The average molecular weight is 1150 g/mol. The van der Waals surface area contributed by atoms with E-state index in [0.717, 1.165) is 77.0 Å². The van der Waals surface area contributed by atoms with Crippen molar-refractivity contribution in [3.63, 3.8) is 0 Å². The third-order valence-corrected chi connectivity index (χ3v) is 16.9. The van der Waals surface area contributed by atoms with Gasteiger partial charge in [-0.25, -0.2) is 0 Å². The van der Waals surface area contributed by atoms with Gasteiger partial charge in [0.05, 0.1) is 0 Å². The van der Waals surface area contributed by atoms with E-state index in [1.54, 1.807) is 0 Å². The molecule has 0 rings (SSSR count). The molecule has 0 N–H and O–H groups in total. The molecule has 0 saturated heterocycles. The molecule has 0 aliphatic rings. The fourth-order valence-electron chi connectivity index (χ4n) is 11.3. The van der Waals surface area contributed by atoms with Crippen LogP contribution >= 0.6 is 0 Å². The first-order valence-corrected chi connectivity index (χ1v) is 37.0. The van der Waals surface area contributed by atoms with E-state index < -0.39 is 6.10 Å². The molecule has 0 aromatic heterocycles. The number of hydrogen-bond acceptors (Lipinski definition) is 6. The van der Waals surface area contributed by atoms with Gasteiger partial charge in [0.2, 0.25) is 0 Å². The van der Waals surface area contributed by atoms with Crippen LogP contribution in [-0.4, -0.2) is 37.2 Å². The second-order valence-corrected chi connectivity index (χ2v) is 25.2. The molecule has 1 unspecified atom stereocenters. The van der Waals surface area contributed by atoms with Gasteiger partial charge in [-0.1, -0.05) is 353 Å². The summed E-state index contributed by atoms with van der Waals surface area (Å²) in [6, 6.07) is 0. The molecule has 6 nitrogen and oxygen atoms in total. The third-order valence-electron chi connectivity index (χ3n) is 16.9. The van der Waals surface area contributed by atoms with Crippen molar-refractivity contribution in [2.75, 3.05) is 13.2 Å². The molecule has 82 heavy (non-hydrogen) atoms. The van der Waals surface area contributed by atoms with Crippen molar-refractivity contribution in [1.29, 1.82) is 0 Å². The number of rotatable bonds is 69. The number of hydrogen-bond donors (Lipinski definition) is 0. The van der Waals surface area contributed by atoms with E-state index in [4.69, 9.17) is 14.2 Å². The van der Waals surface area contributed by atoms with Crippen LogP contribution < -0.4 is 0 Å². The van der Waals surface area contributed by atoms with Gasteiger partial charge < -0.3 is 14.2 Å². The quantitative estimate of drug-likeness (QED) is 0.0261. The molecule has 0 saturated carbocycles. The first-order valence-electron chi connectivity index (χ1n) is 37.0. The average Bonchev–Trinajstić information content (AvgIpc) is 3.47. The van der Waals surface area contributed by atoms with Crippen LogP contribution in [0.3, 0.4) is 0 Å². The summed E-state index contributed by atoms with van der Waals surface area (Å²) in [5.41, 5.74) is 0. The monoisotopic (exact) mass is 1150 g/mol. The van der Waals surface area contributed by atoms with Crippen LogP contribution in [-0.2, 0) is 28.6 Å². The highest BCUT2D eigenvalue weighted by atomic mass is 16.6. The van der Waals surface area contributed by atoms with Crippen molar-refractivity contribution in [3.05, 3.63) is 36.5 Å². The van der Waals surface area contributed by atoms with Crippen molar-refractivity contribution < 1.29 is 28.6 Å². The fraction of sp³-hybridized carbons (Fsp3) is 0.882. The van der Waals surface area contributed by atoms with Crippen LogP contribution in [0.1, 0.15) is 412 Å². The summed E-state index contributed by atoms with van der Waals surface area (Å²) in [6.45, 7) is 6.69. The number of unbranched alkanes of at least 4 members (excludes halogenated alkanes) is 52. The molecule has 0 aromatic rings. The standard InChI is InChI=1S/C76H142O6/c1-4-7-10-13-16-19-22-25-28-31-33-34-35-36-37-38-39-40-41-42-44-45-48-51-54-57-60-63-66-69-75(78)81-72-73(71-80-74(77)68-65-62-59-56-53-50-47-30-27-24-21-18-15-12-9-6-3)82-76(79)70-67-64-61-58-55-52-49-46-43-32-29-26-23-20-17-14-11-8-5-2/h21,24,30-31,33,47,73H,4-20,22-23,25-29,32,34-46,48-72H2,1-3H3/b24-21-,33-31-,47-30-. The molecule has 0 aromatic carbocycles. The smallest absolute Gasteiger partial charge is 0.306 e. The van der Waals surface area contributed by atoms with E-state index in [0.29, 0.717) is 19.3 Å². The van der Waals surface area contributed by atoms with Gasteiger partial charge in [0, 0.05) is 19.3 Å². The van der Waals surface area contributed by atoms with Gasteiger partial charge in [-0.15, -0.1) is 0 Å². The van der Waals surface area contributed by atoms with E-state index >= 15 is 0 Å². The lowest BCUT2D eigenvalue weighted by atomic mass is 10.0. The van der Waals surface area contributed by atoms with Crippen molar-refractivity contribution >= 4 is 17.9 Å². The lowest BCUT2D eigenvalue weighted by Crippen LogP contribution is -2.30. The number of ether oxygens (including phenoxy) is 3. The topological polar surface area (TPSA) is 78.9 Å². The Labute approximate surface area is 512 Å². The molecule has 0 aliphatic carbocycles. The summed E-state index contributed by atoms with van der Waals surface area (Å²) in [4.78, 5) is 38.5. The molecular formula is C76H142O6. The van der Waals surface area contributed by atoms with Gasteiger partial charge in [-0.2, -0.15) is 0 Å². The molecule has 0 radical (unpaired) electrons. The second-order valence-electron chi connectivity index (χ2n) is 25.2. The van der Waals surface area contributed by atoms with E-state index in [1.165, 1.54) is 295 Å². The normalized spacial score (nSPS) is 12.2. The first kappa shape index (κ1) is 79.6. The fourth-order valence-corrected chi connectivity index (χ4v) is 11.3. The maximum absolute atomic E-state index is 13.0. The molecular weight excluding hydrogens is 1010 g/mol. The van der Waals surface area contributed by atoms with Crippen LogP contribution in [0.5, 0.6) is 0 Å². The maximum atomic E-state index is 13.0. The van der Waals surface area contributed by atoms with Crippen molar-refractivity contribution in [1.82, 2.24) is 0 Å². The Balaban J connectivity index is 4.22. The Bertz CT molecular complexity index is 1370. The van der Waals surface area contributed by atoms with Crippen LogP contribution in [0.25, 0.3) is 0 Å². The van der Waals surface area contributed by atoms with E-state index in [2.05, 4.69) is 57.2 Å². The van der Waals surface area contributed by atoms with Crippen LogP contribution in [0.15, 0.2) is 36.5 Å². The Hall–Kier alpha value is -2.37. The molecule has 0 bridgehead atoms. The summed E-state index contributed by atoms with van der Waals surface area (Å²) in [7, 11) is 0. The third kappa shape index (κ3) is 68.4. The van der Waals surface area contributed by atoms with Gasteiger partial charge >= 0.3 is 17.9 Å². The van der Waals surface area contributed by atoms with Crippen molar-refractivity contribution in [3.8, 4) is 0 Å². The van der Waals surface area contributed by atoms with Gasteiger partial charge in [-0.05, 0) is 77.0 Å². The Morgan fingerprint density at radius 1 is 0.244 bits per heavy atom. The van der Waals surface area contributed by atoms with Crippen LogP contribution in [0, 0.1) is 0 Å². The van der Waals surface area contributed by atoms with E-state index in [-0.39, 0.29) is 31.1 Å². The predicted octanol–water partition coefficient (Wildman–Crippen LogP) is 25.5. The number of allylic oxidation sites excluding steroid dienone is 6. The van der Waals surface area contributed by atoms with Gasteiger partial charge in [0.1, 0.15) is 13.2 Å². The molecule has 0 amide bonds. The first-order chi connectivity index (χ1) is 40.5. The minimum absolute atomic E-state index is 0.0709. The minimum atomic E-state index is -0.776. The molecule has 0 aliphatic heterocycles. The number of esters is 3. The summed E-state index contributed by atoms with van der Waals surface area (Å²) >= 11 is 0. The van der Waals surface area contributed by atoms with Gasteiger partial charge in [-0.3, -0.25) is 14.4 Å². The van der Waals surface area contributed by atoms with Crippen molar-refractivity contribution in [2.45, 2.75) is 419 Å². The lowest BCUT2D eigenvalue weighted by molar-refractivity contribution is -0.167. The molecule has 482 valence electrons. The zero-order valence-electron chi connectivity index (χ0n) is 55.5. The lowest BCUT2D eigenvalue weighted by Gasteiger charge is -2.18. The van der Waals surface area contributed by atoms with E-state index in [1.807, 2.05) is 0 Å². The van der Waals surface area contributed by atoms with Gasteiger partial charge in [0.25, 0.3) is 0 Å². The van der Waals surface area contributed by atoms with E-state index in [9.17, 15) is 14.4 Å². The highest BCUT2D eigenvalue weighted by molar-refractivity contribution is 5.71. The molecule has 0 fully saturated rings. The maximum Gasteiger partial charge on any atom is 0.306 e. The summed E-state index contributed by atoms with van der Waals surface area (Å²) in [5, 5.41) is 0. The van der Waals surface area contributed by atoms with Gasteiger partial charge in [0.15, 0.2) is 6.10 Å². The minimum Gasteiger partial charge on any atom is -0.462 e. The highest BCUT2D eigenvalue weighted by Gasteiger charge is 2.19. The molecule has 6 heteroatoms. The van der Waals surface area contributed by atoms with Crippen LogP contribution in [0.2, 0.25) is 0 Å². The highest BCUT2D eigenvalue weighted by Crippen LogP contribution is 2.19. The molecule has 0 spiro atoms. The predicted molar refractivity (Wildman–Crippen MR) is 358 cm³/mol. The molecule has 0 heterocycles. The summed E-state index contributed by atoms with van der Waals surface area (Å²) in [6.07, 6.45) is 89.0. The summed E-state index contributed by atoms with van der Waals surface area (Å²) in [5.74, 6) is -0.853. The Morgan fingerprint density at radius 3 is 0.695 bits per heavy atom. The van der Waals surface area contributed by atoms with Crippen LogP contribution in [0.4, 0.5) is 0 Å². The Kier molecular flexibility index (Phi) is 69.1. The second kappa shape index (κ2) is 71.1. The SMILES string of the molecule is CCCCCC/C=C\C/C=C\CCCCCCCC(=O)OCC(COC(=O)CCCCCCCCCCCCCCCCCCC/C=C\CCCCCCCCCC)OC(=O)CCCCCCCCCCCCCCCCCCCCC. The molecule has 1 atom stereocenters. The number of carbonyl (C=O) groups is 3. The zero-order chi connectivity index (χ0) is 59.2. The number of carbonyl (C=O) groups excluding carboxylic acids is 3. The Morgan fingerprint density at radius 2 is 0.439 bits per heavy atom. The van der Waals surface area contributed by atoms with Crippen molar-refractivity contribution in [2.24, 2.45) is 0 Å². The zero-order valence-corrected chi connectivity index (χ0v) is 55.5. The summed E-state index contributed by atoms with van der Waals surface area (Å²) < 4.78 is 17.0.